The van der Waals surface area contributed by atoms with Crippen molar-refractivity contribution in [3.8, 4) is 11.5 Å². The molecule has 0 unspecified atom stereocenters. The molecule has 1 aliphatic heterocycles. The monoisotopic (exact) mass is 510 g/mol. The number of para-hydroxylation sites is 1. The number of fused-ring (bicyclic) bond motifs is 2. The number of rotatable bonds is 10. The number of hydrogen-bond acceptors (Lipinski definition) is 6. The number of carbonyl (C=O) groups excluding carboxylic acids is 1. The number of nitrogens with zero attached hydrogens (tertiary/aromatic N) is 3. The molecule has 0 spiro atoms. The lowest BCUT2D eigenvalue weighted by molar-refractivity contribution is -0.117. The lowest BCUT2D eigenvalue weighted by atomic mass is 10.1. The first-order valence-corrected chi connectivity index (χ1v) is 13.0. The van der Waals surface area contributed by atoms with Crippen molar-refractivity contribution < 1.29 is 14.3 Å². The van der Waals surface area contributed by atoms with E-state index in [1.165, 1.54) is 5.56 Å². The van der Waals surface area contributed by atoms with Crippen LogP contribution in [-0.2, 0) is 24.2 Å². The molecule has 1 aliphatic rings. The predicted molar refractivity (Wildman–Crippen MR) is 152 cm³/mol. The Kier molecular flexibility index (Phi) is 7.75. The van der Waals surface area contributed by atoms with Crippen LogP contribution in [0.25, 0.3) is 10.9 Å². The molecule has 0 saturated heterocycles. The van der Waals surface area contributed by atoms with Crippen molar-refractivity contribution in [3.05, 3.63) is 89.5 Å². The first-order valence-electron chi connectivity index (χ1n) is 13.0. The van der Waals surface area contributed by atoms with Gasteiger partial charge in [-0.25, -0.2) is 4.98 Å². The molecule has 0 aliphatic carbocycles. The van der Waals surface area contributed by atoms with Gasteiger partial charge in [-0.1, -0.05) is 54.6 Å². The molecule has 1 amide bonds. The maximum absolute atomic E-state index is 13.2. The van der Waals surface area contributed by atoms with Crippen LogP contribution in [0.15, 0.2) is 72.8 Å². The minimum absolute atomic E-state index is 0.0279. The van der Waals surface area contributed by atoms with Crippen molar-refractivity contribution in [1.82, 2.24) is 9.88 Å². The van der Waals surface area contributed by atoms with Crippen molar-refractivity contribution >= 4 is 28.3 Å². The summed E-state index contributed by atoms with van der Waals surface area (Å²) in [6.45, 7) is 2.71. The van der Waals surface area contributed by atoms with E-state index in [4.69, 9.17) is 14.5 Å². The second-order valence-corrected chi connectivity index (χ2v) is 9.69. The van der Waals surface area contributed by atoms with Gasteiger partial charge in [-0.3, -0.25) is 9.69 Å². The highest BCUT2D eigenvalue weighted by Gasteiger charge is 2.26. The van der Waals surface area contributed by atoms with Gasteiger partial charge in [0.25, 0.3) is 0 Å². The number of hydrogen-bond donors (Lipinski definition) is 1. The third-order valence-electron chi connectivity index (χ3n) is 7.03. The van der Waals surface area contributed by atoms with E-state index < -0.39 is 0 Å². The number of benzene rings is 3. The molecule has 2 heterocycles. The average molecular weight is 511 g/mol. The van der Waals surface area contributed by atoms with E-state index in [1.807, 2.05) is 60.5 Å². The molecular weight excluding hydrogens is 476 g/mol. The molecule has 1 aromatic heterocycles. The van der Waals surface area contributed by atoms with Crippen molar-refractivity contribution in [2.45, 2.75) is 19.4 Å². The van der Waals surface area contributed by atoms with Gasteiger partial charge in [0, 0.05) is 30.6 Å². The van der Waals surface area contributed by atoms with Crippen LogP contribution < -0.4 is 19.7 Å². The zero-order chi connectivity index (χ0) is 26.5. The Morgan fingerprint density at radius 3 is 2.53 bits per heavy atom. The summed E-state index contributed by atoms with van der Waals surface area (Å²) in [6, 6.07) is 24.4. The Balaban J connectivity index is 1.29. The summed E-state index contributed by atoms with van der Waals surface area (Å²) in [4.78, 5) is 22.6. The summed E-state index contributed by atoms with van der Waals surface area (Å²) in [7, 11) is 5.24. The van der Waals surface area contributed by atoms with Gasteiger partial charge in [-0.15, -0.1) is 0 Å². The molecule has 0 atom stereocenters. The largest absolute Gasteiger partial charge is 0.493 e. The molecule has 0 radical (unpaired) electrons. The maximum atomic E-state index is 13.2. The van der Waals surface area contributed by atoms with E-state index in [1.54, 1.807) is 14.2 Å². The molecule has 0 fully saturated rings. The highest BCUT2D eigenvalue weighted by molar-refractivity contribution is 6.04. The van der Waals surface area contributed by atoms with Crippen LogP contribution in [0.3, 0.4) is 0 Å². The van der Waals surface area contributed by atoms with E-state index in [0.29, 0.717) is 18.0 Å². The highest BCUT2D eigenvalue weighted by atomic mass is 16.5. The quantitative estimate of drug-likeness (QED) is 0.326. The number of likely N-dealkylation sites (N-methyl/N-ethyl adjacent to an activating group) is 1. The molecule has 7 heteroatoms. The zero-order valence-corrected chi connectivity index (χ0v) is 22.2. The molecule has 3 aromatic carbocycles. The molecular formula is C31H34N4O3. The first-order chi connectivity index (χ1) is 18.6. The van der Waals surface area contributed by atoms with Gasteiger partial charge >= 0.3 is 0 Å². The molecule has 196 valence electrons. The summed E-state index contributed by atoms with van der Waals surface area (Å²) in [5.74, 6) is 2.36. The lowest BCUT2D eigenvalue weighted by Crippen LogP contribution is -2.32. The fourth-order valence-electron chi connectivity index (χ4n) is 5.05. The van der Waals surface area contributed by atoms with Crippen LogP contribution in [0.5, 0.6) is 11.5 Å². The number of methoxy groups -OCH3 is 2. The summed E-state index contributed by atoms with van der Waals surface area (Å²) in [6.07, 6.45) is 1.65. The maximum Gasteiger partial charge on any atom is 0.238 e. The van der Waals surface area contributed by atoms with E-state index >= 15 is 0 Å². The van der Waals surface area contributed by atoms with Crippen molar-refractivity contribution in [3.63, 3.8) is 0 Å². The third kappa shape index (κ3) is 5.58. The highest BCUT2D eigenvalue weighted by Crippen LogP contribution is 2.38. The predicted octanol–water partition coefficient (Wildman–Crippen LogP) is 4.93. The fourth-order valence-corrected chi connectivity index (χ4v) is 5.05. The molecule has 38 heavy (non-hydrogen) atoms. The van der Waals surface area contributed by atoms with Crippen LogP contribution >= 0.6 is 0 Å². The number of amides is 1. The summed E-state index contributed by atoms with van der Waals surface area (Å²) in [5.41, 5.74) is 5.27. The number of ether oxygens (including phenoxy) is 2. The summed E-state index contributed by atoms with van der Waals surface area (Å²) < 4.78 is 10.7. The Labute approximate surface area is 224 Å². The minimum atomic E-state index is -0.0279. The third-order valence-corrected chi connectivity index (χ3v) is 7.03. The van der Waals surface area contributed by atoms with Crippen LogP contribution in [0.2, 0.25) is 0 Å². The standard InChI is InChI=1S/C31H34N4O3/c1-34(17-15-22-13-14-27(37-2)28(19-22)38-3)21-29(36)33-30-24-11-7-8-12-26(24)32-31-25(30)16-18-35(31)20-23-9-5-4-6-10-23/h4-14,19H,15-18,20-21H2,1-3H3,(H,32,33,36). The van der Waals surface area contributed by atoms with Gasteiger partial charge in [0.15, 0.2) is 11.5 Å². The topological polar surface area (TPSA) is 66.9 Å². The van der Waals surface area contributed by atoms with Gasteiger partial charge in [-0.05, 0) is 49.2 Å². The lowest BCUT2D eigenvalue weighted by Gasteiger charge is -2.21. The van der Waals surface area contributed by atoms with E-state index in [-0.39, 0.29) is 5.91 Å². The fraction of sp³-hybridized carbons (Fsp3) is 0.290. The summed E-state index contributed by atoms with van der Waals surface area (Å²) in [5, 5.41) is 4.23. The Hall–Kier alpha value is -4.10. The number of carbonyl (C=O) groups is 1. The van der Waals surface area contributed by atoms with E-state index in [0.717, 1.165) is 66.0 Å². The number of nitrogens with one attached hydrogen (secondary N) is 1. The van der Waals surface area contributed by atoms with Crippen molar-refractivity contribution in [2.75, 3.05) is 51.1 Å². The van der Waals surface area contributed by atoms with Crippen LogP contribution in [0.4, 0.5) is 11.5 Å². The molecule has 4 aromatic rings. The second kappa shape index (κ2) is 11.5. The van der Waals surface area contributed by atoms with Gasteiger partial charge in [0.2, 0.25) is 5.91 Å². The number of aromatic nitrogens is 1. The molecule has 0 saturated carbocycles. The van der Waals surface area contributed by atoms with Gasteiger partial charge in [0.1, 0.15) is 5.82 Å². The van der Waals surface area contributed by atoms with Gasteiger partial charge in [-0.2, -0.15) is 0 Å². The Bertz CT molecular complexity index is 1420. The Morgan fingerprint density at radius 1 is 0.974 bits per heavy atom. The Morgan fingerprint density at radius 2 is 1.74 bits per heavy atom. The molecule has 0 bridgehead atoms. The number of anilines is 2. The normalized spacial score (nSPS) is 12.6. The molecule has 5 rings (SSSR count). The van der Waals surface area contributed by atoms with Gasteiger partial charge in [0.05, 0.1) is 32.0 Å². The van der Waals surface area contributed by atoms with E-state index in [9.17, 15) is 4.79 Å². The van der Waals surface area contributed by atoms with Crippen molar-refractivity contribution in [2.24, 2.45) is 0 Å². The zero-order valence-electron chi connectivity index (χ0n) is 22.2. The van der Waals surface area contributed by atoms with E-state index in [2.05, 4.69) is 34.5 Å². The minimum Gasteiger partial charge on any atom is -0.493 e. The molecule has 1 N–H and O–H groups in total. The van der Waals surface area contributed by atoms with Crippen LogP contribution in [0.1, 0.15) is 16.7 Å². The second-order valence-electron chi connectivity index (χ2n) is 9.69. The van der Waals surface area contributed by atoms with Crippen LogP contribution in [-0.4, -0.2) is 56.7 Å². The van der Waals surface area contributed by atoms with Crippen molar-refractivity contribution in [1.29, 1.82) is 0 Å². The first kappa shape index (κ1) is 25.5. The van der Waals surface area contributed by atoms with Gasteiger partial charge < -0.3 is 19.7 Å². The molecule has 7 nitrogen and oxygen atoms in total. The smallest absolute Gasteiger partial charge is 0.238 e. The summed E-state index contributed by atoms with van der Waals surface area (Å²) >= 11 is 0. The average Bonchev–Trinajstić information content (AvgIpc) is 3.34. The number of pyridine rings is 1. The van der Waals surface area contributed by atoms with Crippen LogP contribution in [0, 0.1) is 0 Å². The SMILES string of the molecule is COc1ccc(CCN(C)CC(=O)Nc2c3c(nc4ccccc24)N(Cc2ccccc2)CC3)cc1OC.